The lowest BCUT2D eigenvalue weighted by atomic mass is 10.0. The second-order valence-corrected chi connectivity index (χ2v) is 4.82. The average Bonchev–Trinajstić information content (AvgIpc) is 2.65. The Morgan fingerprint density at radius 1 is 1.62 bits per heavy atom. The summed E-state index contributed by atoms with van der Waals surface area (Å²) in [6.07, 6.45) is 3.87. The summed E-state index contributed by atoms with van der Waals surface area (Å²) in [4.78, 5) is 3.94. The second-order valence-electron chi connectivity index (χ2n) is 3.97. The number of nitrogens with zero attached hydrogens (tertiary/aromatic N) is 1. The normalized spacial score (nSPS) is 24.6. The Morgan fingerprint density at radius 3 is 3.06 bits per heavy atom. The van der Waals surface area contributed by atoms with Crippen LogP contribution in [0.3, 0.4) is 0 Å². The summed E-state index contributed by atoms with van der Waals surface area (Å²) in [5.74, 6) is 0. The molecule has 0 aromatic carbocycles. The molecule has 6 heteroatoms. The number of nitrogens with one attached hydrogen (secondary N) is 1. The van der Waals surface area contributed by atoms with E-state index in [4.69, 9.17) is 10.5 Å². The van der Waals surface area contributed by atoms with Gasteiger partial charge in [0.05, 0.1) is 28.7 Å². The van der Waals surface area contributed by atoms with Crippen molar-refractivity contribution in [1.82, 2.24) is 4.98 Å². The van der Waals surface area contributed by atoms with Crippen molar-refractivity contribution in [1.29, 1.82) is 0 Å². The molecule has 1 atom stereocenters. The number of nitrogens with two attached hydrogens (primary N) is 1. The van der Waals surface area contributed by atoms with Crippen LogP contribution >= 0.6 is 15.9 Å². The van der Waals surface area contributed by atoms with E-state index in [-0.39, 0.29) is 0 Å². The summed E-state index contributed by atoms with van der Waals surface area (Å²) in [6.45, 7) is 1.38. The lowest BCUT2D eigenvalue weighted by Crippen LogP contribution is -2.37. The zero-order valence-corrected chi connectivity index (χ0v) is 10.3. The van der Waals surface area contributed by atoms with Gasteiger partial charge in [-0.05, 0) is 15.9 Å². The number of pyridine rings is 1. The van der Waals surface area contributed by atoms with Crippen LogP contribution in [0.2, 0.25) is 0 Å². The van der Waals surface area contributed by atoms with E-state index in [9.17, 15) is 5.11 Å². The smallest absolute Gasteiger partial charge is 0.107 e. The molecule has 2 rings (SSSR count). The number of aliphatic hydroxyl groups is 1. The van der Waals surface area contributed by atoms with Crippen LogP contribution in [-0.2, 0) is 4.74 Å². The van der Waals surface area contributed by atoms with Crippen molar-refractivity contribution >= 4 is 27.3 Å². The molecule has 1 aromatic heterocycles. The standard InChI is InChI=1S/C10H14BrN3O2/c11-7-3-13-4-8(12)9(7)14-5-10(15)1-2-16-6-10/h3-4,15H,1-2,5-6,12H2,(H,13,14). The Bertz CT molecular complexity index is 360. The molecular formula is C10H14BrN3O2. The Labute approximate surface area is 102 Å². The monoisotopic (exact) mass is 287 g/mol. The van der Waals surface area contributed by atoms with Gasteiger partial charge in [0.15, 0.2) is 0 Å². The summed E-state index contributed by atoms with van der Waals surface area (Å²) in [5, 5.41) is 13.2. The van der Waals surface area contributed by atoms with E-state index in [1.807, 2.05) is 0 Å². The quantitative estimate of drug-likeness (QED) is 0.773. The molecule has 1 aliphatic rings. The van der Waals surface area contributed by atoms with E-state index in [1.165, 1.54) is 0 Å². The first-order valence-electron chi connectivity index (χ1n) is 5.04. The van der Waals surface area contributed by atoms with Crippen LogP contribution in [0.15, 0.2) is 16.9 Å². The van der Waals surface area contributed by atoms with E-state index in [0.717, 1.165) is 10.2 Å². The maximum atomic E-state index is 10.1. The number of halogens is 1. The highest BCUT2D eigenvalue weighted by atomic mass is 79.9. The average molecular weight is 288 g/mol. The topological polar surface area (TPSA) is 80.4 Å². The molecule has 16 heavy (non-hydrogen) atoms. The minimum absolute atomic E-state index is 0.364. The van der Waals surface area contributed by atoms with Gasteiger partial charge in [-0.2, -0.15) is 0 Å². The molecule has 0 bridgehead atoms. The van der Waals surface area contributed by atoms with Gasteiger partial charge in [-0.15, -0.1) is 0 Å². The lowest BCUT2D eigenvalue weighted by molar-refractivity contribution is 0.0382. The highest BCUT2D eigenvalue weighted by molar-refractivity contribution is 9.10. The molecule has 4 N–H and O–H groups in total. The van der Waals surface area contributed by atoms with Gasteiger partial charge in [0.2, 0.25) is 0 Å². The first kappa shape index (κ1) is 11.6. The van der Waals surface area contributed by atoms with Crippen LogP contribution in [0.4, 0.5) is 11.4 Å². The minimum atomic E-state index is -0.796. The highest BCUT2D eigenvalue weighted by Gasteiger charge is 2.32. The number of ether oxygens (including phenoxy) is 1. The molecule has 1 fully saturated rings. The Kier molecular flexibility index (Phi) is 3.32. The van der Waals surface area contributed by atoms with Gasteiger partial charge in [-0.1, -0.05) is 0 Å². The van der Waals surface area contributed by atoms with E-state index in [0.29, 0.717) is 31.9 Å². The molecule has 0 saturated carbocycles. The zero-order chi connectivity index (χ0) is 11.6. The van der Waals surface area contributed by atoms with E-state index >= 15 is 0 Å². The number of anilines is 2. The number of aromatic nitrogens is 1. The van der Waals surface area contributed by atoms with Crippen molar-refractivity contribution < 1.29 is 9.84 Å². The summed E-state index contributed by atoms with van der Waals surface area (Å²) in [6, 6.07) is 0. The Morgan fingerprint density at radius 2 is 2.44 bits per heavy atom. The van der Waals surface area contributed by atoms with Crippen molar-refractivity contribution in [3.63, 3.8) is 0 Å². The number of hydrogen-bond donors (Lipinski definition) is 3. The van der Waals surface area contributed by atoms with Crippen LogP contribution in [0.1, 0.15) is 6.42 Å². The van der Waals surface area contributed by atoms with Gasteiger partial charge in [-0.3, -0.25) is 4.98 Å². The van der Waals surface area contributed by atoms with Gasteiger partial charge >= 0.3 is 0 Å². The van der Waals surface area contributed by atoms with E-state index in [2.05, 4.69) is 26.2 Å². The van der Waals surface area contributed by atoms with Crippen LogP contribution in [0.25, 0.3) is 0 Å². The van der Waals surface area contributed by atoms with Crippen molar-refractivity contribution in [3.8, 4) is 0 Å². The third kappa shape index (κ3) is 2.45. The molecule has 0 spiro atoms. The maximum Gasteiger partial charge on any atom is 0.107 e. The summed E-state index contributed by atoms with van der Waals surface area (Å²) in [7, 11) is 0. The molecule has 1 aliphatic heterocycles. The first-order valence-corrected chi connectivity index (χ1v) is 5.83. The fourth-order valence-electron chi connectivity index (χ4n) is 1.63. The van der Waals surface area contributed by atoms with Gasteiger partial charge in [0.25, 0.3) is 0 Å². The van der Waals surface area contributed by atoms with Crippen molar-refractivity contribution in [2.75, 3.05) is 30.8 Å². The maximum absolute atomic E-state index is 10.1. The van der Waals surface area contributed by atoms with E-state index in [1.54, 1.807) is 12.4 Å². The van der Waals surface area contributed by atoms with Crippen molar-refractivity contribution in [2.45, 2.75) is 12.0 Å². The third-order valence-corrected chi connectivity index (χ3v) is 3.21. The molecule has 1 aromatic rings. The van der Waals surface area contributed by atoms with Gasteiger partial charge in [0.1, 0.15) is 5.60 Å². The molecule has 88 valence electrons. The predicted octanol–water partition coefficient (Wildman–Crippen LogP) is 0.990. The fourth-order valence-corrected chi connectivity index (χ4v) is 2.11. The highest BCUT2D eigenvalue weighted by Crippen LogP contribution is 2.28. The summed E-state index contributed by atoms with van der Waals surface area (Å²) < 4.78 is 5.95. The molecule has 5 nitrogen and oxygen atoms in total. The molecule has 1 saturated heterocycles. The number of rotatable bonds is 3. The first-order chi connectivity index (χ1) is 7.61. The van der Waals surface area contributed by atoms with E-state index < -0.39 is 5.60 Å². The molecule has 0 aliphatic carbocycles. The molecule has 2 heterocycles. The van der Waals surface area contributed by atoms with Crippen LogP contribution in [-0.4, -0.2) is 35.5 Å². The lowest BCUT2D eigenvalue weighted by Gasteiger charge is -2.22. The molecule has 1 unspecified atom stereocenters. The number of hydrogen-bond acceptors (Lipinski definition) is 5. The van der Waals surface area contributed by atoms with Gasteiger partial charge in [0, 0.05) is 25.8 Å². The second kappa shape index (κ2) is 4.57. The Hall–Kier alpha value is -0.850. The van der Waals surface area contributed by atoms with Crippen molar-refractivity contribution in [2.24, 2.45) is 0 Å². The Balaban J connectivity index is 2.04. The number of nitrogen functional groups attached to an aromatic ring is 1. The zero-order valence-electron chi connectivity index (χ0n) is 8.74. The predicted molar refractivity (Wildman–Crippen MR) is 65.2 cm³/mol. The fraction of sp³-hybridized carbons (Fsp3) is 0.500. The van der Waals surface area contributed by atoms with Crippen LogP contribution in [0.5, 0.6) is 0 Å². The SMILES string of the molecule is Nc1cncc(Br)c1NCC1(O)CCOC1. The summed E-state index contributed by atoms with van der Waals surface area (Å²) in [5.41, 5.74) is 6.30. The third-order valence-electron chi connectivity index (χ3n) is 2.61. The van der Waals surface area contributed by atoms with Crippen LogP contribution in [0, 0.1) is 0 Å². The molecule has 0 amide bonds. The van der Waals surface area contributed by atoms with Crippen molar-refractivity contribution in [3.05, 3.63) is 16.9 Å². The van der Waals surface area contributed by atoms with Gasteiger partial charge in [-0.25, -0.2) is 0 Å². The van der Waals surface area contributed by atoms with Crippen LogP contribution < -0.4 is 11.1 Å². The van der Waals surface area contributed by atoms with Gasteiger partial charge < -0.3 is 20.9 Å². The minimum Gasteiger partial charge on any atom is -0.396 e. The summed E-state index contributed by atoms with van der Waals surface area (Å²) >= 11 is 3.36. The largest absolute Gasteiger partial charge is 0.396 e. The molecular weight excluding hydrogens is 274 g/mol. The molecule has 0 radical (unpaired) electrons.